The summed E-state index contributed by atoms with van der Waals surface area (Å²) in [7, 11) is 0. The molecule has 7 nitrogen and oxygen atoms in total. The Morgan fingerprint density at radius 3 is 2.35 bits per heavy atom. The summed E-state index contributed by atoms with van der Waals surface area (Å²) in [6.07, 6.45) is 3.49. The number of aryl methyl sites for hydroxylation is 1. The summed E-state index contributed by atoms with van der Waals surface area (Å²) in [5.41, 5.74) is 4.00. The topological polar surface area (TPSA) is 89.5 Å². The van der Waals surface area contributed by atoms with Crippen LogP contribution in [-0.2, 0) is 12.6 Å². The molecule has 3 aliphatic rings. The molecule has 1 amide bonds. The molecule has 242 valence electrons. The minimum absolute atomic E-state index is 0.0330. The van der Waals surface area contributed by atoms with Crippen molar-refractivity contribution in [3.8, 4) is 5.75 Å². The highest BCUT2D eigenvalue weighted by Crippen LogP contribution is 2.32. The van der Waals surface area contributed by atoms with Crippen molar-refractivity contribution in [1.82, 2.24) is 15.6 Å². The first-order valence-electron chi connectivity index (χ1n) is 16.4. The molecule has 2 saturated heterocycles. The number of hydrogen-bond acceptors (Lipinski definition) is 6. The Morgan fingerprint density at radius 2 is 1.67 bits per heavy atom. The van der Waals surface area contributed by atoms with Crippen LogP contribution in [0.15, 0.2) is 71.1 Å². The molecular weight excluding hydrogens is 593 g/mol. The number of aromatic nitrogens is 1. The first-order chi connectivity index (χ1) is 22.3. The van der Waals surface area contributed by atoms with Crippen LogP contribution in [0.5, 0.6) is 5.75 Å². The highest BCUT2D eigenvalue weighted by atomic mass is 19.4. The number of hydrogen-bond donors (Lipinski definition) is 2. The van der Waals surface area contributed by atoms with Gasteiger partial charge in [-0.3, -0.25) is 4.79 Å². The van der Waals surface area contributed by atoms with Crippen molar-refractivity contribution in [2.24, 2.45) is 5.92 Å². The van der Waals surface area contributed by atoms with Crippen molar-refractivity contribution in [2.75, 3.05) is 24.5 Å². The second-order valence-electron chi connectivity index (χ2n) is 12.9. The van der Waals surface area contributed by atoms with E-state index in [2.05, 4.69) is 44.8 Å². The first kappa shape index (κ1) is 30.6. The van der Waals surface area contributed by atoms with E-state index in [4.69, 9.17) is 9.15 Å². The van der Waals surface area contributed by atoms with Crippen molar-refractivity contribution in [3.63, 3.8) is 0 Å². The van der Waals surface area contributed by atoms with Crippen LogP contribution < -0.4 is 20.3 Å². The molecule has 1 unspecified atom stereocenters. The normalized spacial score (nSPS) is 22.2. The molecule has 1 aliphatic carbocycles. The third-order valence-electron chi connectivity index (χ3n) is 9.67. The summed E-state index contributed by atoms with van der Waals surface area (Å²) in [6, 6.07) is 20.4. The molecule has 3 heterocycles. The molecule has 2 N–H and O–H groups in total. The van der Waals surface area contributed by atoms with Gasteiger partial charge in [0.15, 0.2) is 5.58 Å². The Kier molecular flexibility index (Phi) is 8.64. The van der Waals surface area contributed by atoms with Crippen LogP contribution in [-0.4, -0.2) is 42.7 Å². The number of anilines is 1. The number of rotatable bonds is 9. The molecule has 1 saturated carbocycles. The maximum Gasteiger partial charge on any atom is 0.416 e. The second kappa shape index (κ2) is 13.0. The Morgan fingerprint density at radius 1 is 0.957 bits per heavy atom. The van der Waals surface area contributed by atoms with Gasteiger partial charge in [0.05, 0.1) is 5.56 Å². The van der Waals surface area contributed by atoms with Gasteiger partial charge >= 0.3 is 12.1 Å². The van der Waals surface area contributed by atoms with Crippen LogP contribution in [0.1, 0.15) is 78.4 Å². The Balaban J connectivity index is 0.860. The number of nitrogens with one attached hydrogen (secondary N) is 2. The van der Waals surface area contributed by atoms with Crippen LogP contribution in [0, 0.1) is 5.92 Å². The molecule has 1 atom stereocenters. The molecule has 10 heteroatoms. The number of halogens is 3. The number of oxazole rings is 1. The average Bonchev–Trinajstić information content (AvgIpc) is 3.83. The molecule has 3 aromatic carbocycles. The van der Waals surface area contributed by atoms with E-state index in [1.807, 2.05) is 6.07 Å². The van der Waals surface area contributed by atoms with Gasteiger partial charge in [-0.05, 0) is 92.0 Å². The predicted octanol–water partition coefficient (Wildman–Crippen LogP) is 7.46. The van der Waals surface area contributed by atoms with E-state index in [0.717, 1.165) is 69.3 Å². The molecule has 0 bridgehead atoms. The largest absolute Gasteiger partial charge is 0.490 e. The van der Waals surface area contributed by atoms with Gasteiger partial charge in [0, 0.05) is 56.3 Å². The lowest BCUT2D eigenvalue weighted by Crippen LogP contribution is -2.38. The molecule has 4 aromatic rings. The van der Waals surface area contributed by atoms with Gasteiger partial charge in [-0.25, -0.2) is 4.98 Å². The zero-order chi connectivity index (χ0) is 31.7. The maximum atomic E-state index is 13.0. The van der Waals surface area contributed by atoms with Crippen molar-refractivity contribution < 1.29 is 27.1 Å². The summed E-state index contributed by atoms with van der Waals surface area (Å²) >= 11 is 0. The summed E-state index contributed by atoms with van der Waals surface area (Å²) in [6.45, 7) is 2.45. The summed E-state index contributed by atoms with van der Waals surface area (Å²) in [4.78, 5) is 19.5. The highest BCUT2D eigenvalue weighted by Gasteiger charge is 2.31. The predicted molar refractivity (Wildman–Crippen MR) is 170 cm³/mol. The van der Waals surface area contributed by atoms with Gasteiger partial charge in [-0.2, -0.15) is 13.2 Å². The average molecular weight is 633 g/mol. The van der Waals surface area contributed by atoms with E-state index < -0.39 is 11.7 Å². The van der Waals surface area contributed by atoms with Crippen LogP contribution in [0.2, 0.25) is 0 Å². The Bertz CT molecular complexity index is 1630. The highest BCUT2D eigenvalue weighted by molar-refractivity contribution is 5.92. The van der Waals surface area contributed by atoms with Crippen molar-refractivity contribution in [1.29, 1.82) is 0 Å². The SMILES string of the molecule is O=C(NC1CCC(CCc2ccc(C3CN3)cc2)CC1)c1nc2ccc(OC3CCN(c4ccc(C(F)(F)F)cc4)CC3)cc2o1. The molecule has 0 spiro atoms. The van der Waals surface area contributed by atoms with Crippen molar-refractivity contribution in [2.45, 2.75) is 75.7 Å². The number of carbonyl (C=O) groups is 1. The third kappa shape index (κ3) is 7.33. The third-order valence-corrected chi connectivity index (χ3v) is 9.67. The number of amides is 1. The van der Waals surface area contributed by atoms with Gasteiger partial charge in [-0.15, -0.1) is 0 Å². The number of alkyl halides is 3. The molecule has 7 rings (SSSR count). The number of nitrogens with zero attached hydrogens (tertiary/aromatic N) is 2. The summed E-state index contributed by atoms with van der Waals surface area (Å²) < 4.78 is 50.7. The van der Waals surface area contributed by atoms with Crippen LogP contribution in [0.4, 0.5) is 18.9 Å². The number of carbonyl (C=O) groups excluding carboxylic acids is 1. The smallest absolute Gasteiger partial charge is 0.416 e. The van der Waals surface area contributed by atoms with E-state index in [-0.39, 0.29) is 23.9 Å². The monoisotopic (exact) mass is 632 g/mol. The first-order valence-corrected chi connectivity index (χ1v) is 16.4. The van der Waals surface area contributed by atoms with Crippen molar-refractivity contribution >= 4 is 22.7 Å². The lowest BCUT2D eigenvalue weighted by atomic mass is 9.82. The number of piperidine rings is 1. The van der Waals surface area contributed by atoms with Crippen LogP contribution in [0.3, 0.4) is 0 Å². The van der Waals surface area contributed by atoms with E-state index in [1.54, 1.807) is 12.1 Å². The van der Waals surface area contributed by atoms with Gasteiger partial charge in [0.1, 0.15) is 17.4 Å². The second-order valence-corrected chi connectivity index (χ2v) is 12.9. The van der Waals surface area contributed by atoms with Crippen LogP contribution in [0.25, 0.3) is 11.1 Å². The van der Waals surface area contributed by atoms with Crippen LogP contribution >= 0.6 is 0 Å². The Hall–Kier alpha value is -4.05. The number of ether oxygens (including phenoxy) is 1. The zero-order valence-electron chi connectivity index (χ0n) is 25.7. The van der Waals surface area contributed by atoms with Gasteiger partial charge in [-0.1, -0.05) is 24.3 Å². The van der Waals surface area contributed by atoms with Gasteiger partial charge < -0.3 is 24.7 Å². The molecule has 46 heavy (non-hydrogen) atoms. The summed E-state index contributed by atoms with van der Waals surface area (Å²) in [5, 5.41) is 6.48. The number of fused-ring (bicyclic) bond motifs is 1. The zero-order valence-corrected chi connectivity index (χ0v) is 25.7. The fourth-order valence-electron chi connectivity index (χ4n) is 6.79. The lowest BCUT2D eigenvalue weighted by Gasteiger charge is -2.33. The minimum Gasteiger partial charge on any atom is -0.490 e. The Labute approximate surface area is 266 Å². The van der Waals surface area contributed by atoms with E-state index in [0.29, 0.717) is 41.9 Å². The molecular formula is C36H39F3N4O3. The molecule has 0 radical (unpaired) electrons. The summed E-state index contributed by atoms with van der Waals surface area (Å²) in [5.74, 6) is 1.09. The standard InChI is InChI=1S/C36H39F3N4O3/c37-36(38,39)26-9-13-28(14-10-26)43-19-17-29(18-20-43)45-30-15-16-31-33(21-30)46-35(42-31)34(44)41-27-11-5-24(6-12-27)2-1-23-3-7-25(8-4-23)32-22-40-32/h3-4,7-10,13-16,21,24,27,29,32,40H,1-2,5-6,11-12,17-20,22H2,(H,41,44). The molecule has 2 aliphatic heterocycles. The number of benzene rings is 3. The maximum absolute atomic E-state index is 13.0. The van der Waals surface area contributed by atoms with E-state index in [1.165, 1.54) is 29.7 Å². The fraction of sp³-hybridized carbons (Fsp3) is 0.444. The van der Waals surface area contributed by atoms with E-state index >= 15 is 0 Å². The fourth-order valence-corrected chi connectivity index (χ4v) is 6.79. The van der Waals surface area contributed by atoms with Gasteiger partial charge in [0.25, 0.3) is 5.89 Å². The van der Waals surface area contributed by atoms with E-state index in [9.17, 15) is 18.0 Å². The van der Waals surface area contributed by atoms with Gasteiger partial charge in [0.2, 0.25) is 0 Å². The molecule has 3 fully saturated rings. The lowest BCUT2D eigenvalue weighted by molar-refractivity contribution is -0.137. The quantitative estimate of drug-likeness (QED) is 0.186. The minimum atomic E-state index is -4.34. The molecule has 1 aromatic heterocycles. The van der Waals surface area contributed by atoms with Crippen molar-refractivity contribution in [3.05, 3.63) is 89.3 Å².